The molecule has 1 aromatic rings. The van der Waals surface area contributed by atoms with Gasteiger partial charge in [0.15, 0.2) is 0 Å². The van der Waals surface area contributed by atoms with Crippen LogP contribution in [0.2, 0.25) is 0 Å². The van der Waals surface area contributed by atoms with Gasteiger partial charge in [-0.05, 0) is 42.2 Å². The summed E-state index contributed by atoms with van der Waals surface area (Å²) in [5.74, 6) is 1.25. The van der Waals surface area contributed by atoms with E-state index in [0.29, 0.717) is 11.8 Å². The minimum Gasteiger partial charge on any atom is -0.361 e. The van der Waals surface area contributed by atoms with Gasteiger partial charge in [-0.1, -0.05) is 45.9 Å². The Morgan fingerprint density at radius 1 is 0.944 bits per heavy atom. The molecule has 0 spiro atoms. The molecular weight excluding hydrogens is 218 g/mol. The van der Waals surface area contributed by atoms with Gasteiger partial charge >= 0.3 is 0 Å². The summed E-state index contributed by atoms with van der Waals surface area (Å²) < 4.78 is 0. The summed E-state index contributed by atoms with van der Waals surface area (Å²) in [6.45, 7) is 9.29. The molecule has 2 fully saturated rings. The van der Waals surface area contributed by atoms with E-state index < -0.39 is 0 Å². The first kappa shape index (κ1) is 12.1. The molecule has 0 aromatic heterocycles. The largest absolute Gasteiger partial charge is 0.361 e. The van der Waals surface area contributed by atoms with Crippen molar-refractivity contribution in [3.8, 4) is 0 Å². The van der Waals surface area contributed by atoms with Gasteiger partial charge in [0.1, 0.15) is 0 Å². The highest BCUT2D eigenvalue weighted by atomic mass is 15.4. The second-order valence-corrected chi connectivity index (χ2v) is 6.57. The maximum atomic E-state index is 2.72. The third-order valence-corrected chi connectivity index (χ3v) is 4.67. The van der Waals surface area contributed by atoms with Crippen LogP contribution in [0.4, 0.5) is 5.69 Å². The summed E-state index contributed by atoms with van der Waals surface area (Å²) in [6, 6.07) is 8.64. The Hall–Kier alpha value is -0.980. The van der Waals surface area contributed by atoms with Crippen LogP contribution in [0.25, 0.3) is 0 Å². The number of benzene rings is 1. The van der Waals surface area contributed by atoms with Crippen molar-refractivity contribution in [1.82, 2.24) is 0 Å². The van der Waals surface area contributed by atoms with Crippen LogP contribution >= 0.6 is 0 Å². The maximum Gasteiger partial charge on any atom is 0.0497 e. The van der Waals surface area contributed by atoms with Crippen molar-refractivity contribution in [2.45, 2.75) is 70.9 Å². The summed E-state index contributed by atoms with van der Waals surface area (Å²) in [5.41, 5.74) is 4.68. The lowest BCUT2D eigenvalue weighted by Gasteiger charge is -2.23. The van der Waals surface area contributed by atoms with Gasteiger partial charge in [0, 0.05) is 17.8 Å². The first-order chi connectivity index (χ1) is 8.61. The molecule has 2 atom stereocenters. The third-order valence-electron chi connectivity index (χ3n) is 4.67. The van der Waals surface area contributed by atoms with E-state index in [1.54, 1.807) is 16.8 Å². The van der Waals surface area contributed by atoms with Crippen molar-refractivity contribution in [2.24, 2.45) is 0 Å². The van der Waals surface area contributed by atoms with Crippen molar-refractivity contribution >= 4 is 5.69 Å². The standard InChI is InChI=1S/C17H25N/c1-11(2)13-7-5-8-14(12(3)4)17(13)18-15-9-6-10-16(15)18/h5,7-8,11-12,15-16H,6,9-10H2,1-4H3. The predicted octanol–water partition coefficient (Wildman–Crippen LogP) is 4.67. The number of fused-ring (bicyclic) bond motifs is 1. The molecule has 3 rings (SSSR count). The van der Waals surface area contributed by atoms with E-state index >= 15 is 0 Å². The Morgan fingerprint density at radius 2 is 1.44 bits per heavy atom. The van der Waals surface area contributed by atoms with Gasteiger partial charge in [-0.2, -0.15) is 0 Å². The van der Waals surface area contributed by atoms with Gasteiger partial charge in [0.2, 0.25) is 0 Å². The van der Waals surface area contributed by atoms with E-state index in [9.17, 15) is 0 Å². The number of piperidine rings is 1. The van der Waals surface area contributed by atoms with Crippen LogP contribution in [0.15, 0.2) is 18.2 Å². The Kier molecular flexibility index (Phi) is 2.88. The monoisotopic (exact) mass is 243 g/mol. The summed E-state index contributed by atoms with van der Waals surface area (Å²) in [4.78, 5) is 2.72. The molecule has 0 radical (unpaired) electrons. The van der Waals surface area contributed by atoms with E-state index in [0.717, 1.165) is 12.1 Å². The van der Waals surface area contributed by atoms with E-state index in [4.69, 9.17) is 0 Å². The minimum atomic E-state index is 0.625. The average molecular weight is 243 g/mol. The summed E-state index contributed by atoms with van der Waals surface area (Å²) >= 11 is 0. The zero-order chi connectivity index (χ0) is 12.9. The molecular formula is C17H25N. The first-order valence-corrected chi connectivity index (χ1v) is 7.52. The van der Waals surface area contributed by atoms with Crippen LogP contribution in [0.5, 0.6) is 0 Å². The molecule has 2 aliphatic rings. The number of hydrogen-bond acceptors (Lipinski definition) is 1. The molecule has 0 bridgehead atoms. The molecule has 1 nitrogen and oxygen atoms in total. The highest BCUT2D eigenvalue weighted by Gasteiger charge is 2.51. The van der Waals surface area contributed by atoms with Crippen molar-refractivity contribution in [3.63, 3.8) is 0 Å². The van der Waals surface area contributed by atoms with E-state index in [-0.39, 0.29) is 0 Å². The number of rotatable bonds is 3. The summed E-state index contributed by atoms with van der Waals surface area (Å²) in [7, 11) is 0. The highest BCUT2D eigenvalue weighted by Crippen LogP contribution is 2.50. The van der Waals surface area contributed by atoms with E-state index in [1.807, 2.05) is 0 Å². The van der Waals surface area contributed by atoms with Gasteiger partial charge in [-0.15, -0.1) is 0 Å². The van der Waals surface area contributed by atoms with Crippen LogP contribution < -0.4 is 4.90 Å². The molecule has 18 heavy (non-hydrogen) atoms. The molecule has 1 aromatic carbocycles. The maximum absolute atomic E-state index is 2.72. The Morgan fingerprint density at radius 3 is 1.89 bits per heavy atom. The van der Waals surface area contributed by atoms with Gasteiger partial charge in [-0.3, -0.25) is 0 Å². The Balaban J connectivity index is 2.04. The molecule has 0 N–H and O–H groups in total. The fraction of sp³-hybridized carbons (Fsp3) is 0.647. The van der Waals surface area contributed by atoms with Crippen molar-refractivity contribution in [3.05, 3.63) is 29.3 Å². The second-order valence-electron chi connectivity index (χ2n) is 6.57. The predicted molar refractivity (Wildman–Crippen MR) is 78.5 cm³/mol. The SMILES string of the molecule is CC(C)c1cccc(C(C)C)c1N1C2CCCC21. The molecule has 2 unspecified atom stereocenters. The van der Waals surface area contributed by atoms with Crippen LogP contribution in [0.1, 0.15) is 69.9 Å². The first-order valence-electron chi connectivity index (χ1n) is 7.52. The number of hydrogen-bond donors (Lipinski definition) is 0. The molecule has 1 saturated heterocycles. The molecule has 1 heteroatoms. The normalized spacial score (nSPS) is 26.0. The molecule has 1 heterocycles. The second kappa shape index (κ2) is 4.29. The molecule has 1 aliphatic carbocycles. The van der Waals surface area contributed by atoms with Gasteiger partial charge < -0.3 is 4.90 Å². The zero-order valence-corrected chi connectivity index (χ0v) is 12.1. The number of nitrogens with zero attached hydrogens (tertiary/aromatic N) is 1. The Bertz CT molecular complexity index is 411. The van der Waals surface area contributed by atoms with Crippen LogP contribution in [0.3, 0.4) is 0 Å². The number of anilines is 1. The lowest BCUT2D eigenvalue weighted by molar-refractivity contribution is 0.759. The number of para-hydroxylation sites is 1. The summed E-state index contributed by atoms with van der Waals surface area (Å²) in [5, 5.41) is 0. The van der Waals surface area contributed by atoms with Crippen molar-refractivity contribution in [1.29, 1.82) is 0 Å². The third kappa shape index (κ3) is 1.75. The highest BCUT2D eigenvalue weighted by molar-refractivity contribution is 5.68. The molecule has 0 amide bonds. The van der Waals surface area contributed by atoms with Gasteiger partial charge in [0.25, 0.3) is 0 Å². The lowest BCUT2D eigenvalue weighted by atomic mass is 9.92. The smallest absolute Gasteiger partial charge is 0.0497 e. The van der Waals surface area contributed by atoms with Crippen LogP contribution in [-0.2, 0) is 0 Å². The van der Waals surface area contributed by atoms with Crippen molar-refractivity contribution < 1.29 is 0 Å². The fourth-order valence-corrected chi connectivity index (χ4v) is 3.68. The van der Waals surface area contributed by atoms with Crippen LogP contribution in [-0.4, -0.2) is 12.1 Å². The minimum absolute atomic E-state index is 0.625. The quantitative estimate of drug-likeness (QED) is 0.697. The molecule has 98 valence electrons. The van der Waals surface area contributed by atoms with Crippen LogP contribution in [0, 0.1) is 0 Å². The molecule has 1 aliphatic heterocycles. The average Bonchev–Trinajstić information content (AvgIpc) is 2.79. The lowest BCUT2D eigenvalue weighted by Crippen LogP contribution is -2.11. The zero-order valence-electron chi connectivity index (χ0n) is 12.1. The Labute approximate surface area is 111 Å². The fourth-order valence-electron chi connectivity index (χ4n) is 3.68. The van der Waals surface area contributed by atoms with Crippen molar-refractivity contribution in [2.75, 3.05) is 4.90 Å². The van der Waals surface area contributed by atoms with E-state index in [1.165, 1.54) is 19.3 Å². The van der Waals surface area contributed by atoms with E-state index in [2.05, 4.69) is 50.8 Å². The molecule has 1 saturated carbocycles. The van der Waals surface area contributed by atoms with Gasteiger partial charge in [0.05, 0.1) is 0 Å². The van der Waals surface area contributed by atoms with Gasteiger partial charge in [-0.25, -0.2) is 0 Å². The summed E-state index contributed by atoms with van der Waals surface area (Å²) in [6.07, 6.45) is 4.26. The topological polar surface area (TPSA) is 3.01 Å².